The van der Waals surface area contributed by atoms with E-state index in [1.807, 2.05) is 18.2 Å². The predicted molar refractivity (Wildman–Crippen MR) is 62.1 cm³/mol. The Kier molecular flexibility index (Phi) is 2.49. The lowest BCUT2D eigenvalue weighted by atomic mass is 10.2. The molecule has 0 saturated carbocycles. The van der Waals surface area contributed by atoms with E-state index < -0.39 is 0 Å². The van der Waals surface area contributed by atoms with Crippen molar-refractivity contribution in [1.29, 1.82) is 0 Å². The summed E-state index contributed by atoms with van der Waals surface area (Å²) in [6.07, 6.45) is 1.30. The molecule has 0 saturated heterocycles. The summed E-state index contributed by atoms with van der Waals surface area (Å²) in [6.45, 7) is 6.14. The first-order valence-electron chi connectivity index (χ1n) is 5.15. The first-order chi connectivity index (χ1) is 7.26. The summed E-state index contributed by atoms with van der Waals surface area (Å²) >= 11 is 0. The molecule has 0 N–H and O–H groups in total. The molecule has 0 amide bonds. The number of fused-ring (bicyclic) bond motifs is 1. The Labute approximate surface area is 88.7 Å². The van der Waals surface area contributed by atoms with Gasteiger partial charge in [0.15, 0.2) is 0 Å². The van der Waals surface area contributed by atoms with Gasteiger partial charge in [-0.3, -0.25) is 0 Å². The minimum atomic E-state index is 0.630. The second-order valence-electron chi connectivity index (χ2n) is 3.42. The number of nitrogens with zero attached hydrogens (tertiary/aromatic N) is 3. The molecule has 2 rings (SSSR count). The second kappa shape index (κ2) is 3.81. The fourth-order valence-electron chi connectivity index (χ4n) is 1.76. The third kappa shape index (κ3) is 1.63. The summed E-state index contributed by atoms with van der Waals surface area (Å²) in [5, 5.41) is 11.2. The molecule has 1 aromatic heterocycles. The van der Waals surface area contributed by atoms with Gasteiger partial charge in [0.25, 0.3) is 0 Å². The van der Waals surface area contributed by atoms with Crippen LogP contribution in [0.15, 0.2) is 24.5 Å². The Bertz CT molecular complexity index is 460. The molecule has 0 fully saturated rings. The van der Waals surface area contributed by atoms with Crippen molar-refractivity contribution in [3.8, 4) is 0 Å². The van der Waals surface area contributed by atoms with Crippen LogP contribution in [0.25, 0.3) is 11.0 Å². The molecular weight excluding hydrogens is 190 g/mol. The summed E-state index contributed by atoms with van der Waals surface area (Å²) < 4.78 is 0.793. The zero-order valence-corrected chi connectivity index (χ0v) is 8.97. The molecule has 15 heavy (non-hydrogen) atoms. The van der Waals surface area contributed by atoms with E-state index in [0.717, 1.165) is 29.0 Å². The van der Waals surface area contributed by atoms with Crippen LogP contribution in [0.3, 0.4) is 0 Å². The van der Waals surface area contributed by atoms with Gasteiger partial charge >= 0.3 is 0 Å². The zero-order chi connectivity index (χ0) is 10.8. The first-order valence-corrected chi connectivity index (χ1v) is 5.15. The molecule has 0 spiro atoms. The van der Waals surface area contributed by atoms with Gasteiger partial charge in [0, 0.05) is 18.8 Å². The molecule has 1 aromatic carbocycles. The van der Waals surface area contributed by atoms with Gasteiger partial charge in [0.1, 0.15) is 0 Å². The highest BCUT2D eigenvalue weighted by atomic mass is 16.5. The van der Waals surface area contributed by atoms with Crippen LogP contribution in [0, 0.1) is 5.21 Å². The van der Waals surface area contributed by atoms with Crippen LogP contribution in [-0.4, -0.2) is 22.8 Å². The van der Waals surface area contributed by atoms with Gasteiger partial charge in [-0.15, -0.1) is 0 Å². The molecule has 1 heterocycles. The Morgan fingerprint density at radius 2 is 2.07 bits per heavy atom. The smallest absolute Gasteiger partial charge is 0.0911 e. The normalized spacial score (nSPS) is 10.8. The lowest BCUT2D eigenvalue weighted by Crippen LogP contribution is -2.21. The van der Waals surface area contributed by atoms with E-state index in [2.05, 4.69) is 23.7 Å². The SMILES string of the molecule is CCN(CC)c1ccc2c(c1)ncn2[O-]. The fraction of sp³-hybridized carbons (Fsp3) is 0.364. The molecule has 0 aliphatic heterocycles. The molecule has 80 valence electrons. The van der Waals surface area contributed by atoms with Crippen LogP contribution in [0.4, 0.5) is 5.69 Å². The first kappa shape index (κ1) is 9.83. The number of rotatable bonds is 3. The highest BCUT2D eigenvalue weighted by Crippen LogP contribution is 2.20. The van der Waals surface area contributed by atoms with Crippen molar-refractivity contribution in [1.82, 2.24) is 9.71 Å². The van der Waals surface area contributed by atoms with Crippen LogP contribution < -0.4 is 4.90 Å². The van der Waals surface area contributed by atoms with Crippen LogP contribution in [0.2, 0.25) is 0 Å². The quantitative estimate of drug-likeness (QED) is 0.770. The van der Waals surface area contributed by atoms with Crippen molar-refractivity contribution >= 4 is 16.7 Å². The highest BCUT2D eigenvalue weighted by molar-refractivity contribution is 5.80. The maximum Gasteiger partial charge on any atom is 0.0911 e. The molecule has 0 aliphatic carbocycles. The van der Waals surface area contributed by atoms with E-state index in [9.17, 15) is 5.21 Å². The Morgan fingerprint density at radius 1 is 1.33 bits per heavy atom. The minimum absolute atomic E-state index is 0.630. The summed E-state index contributed by atoms with van der Waals surface area (Å²) in [6, 6.07) is 5.74. The monoisotopic (exact) mass is 204 g/mol. The Morgan fingerprint density at radius 3 is 2.73 bits per heavy atom. The zero-order valence-electron chi connectivity index (χ0n) is 8.97. The number of aromatic nitrogens is 2. The molecule has 0 aliphatic rings. The molecule has 4 nitrogen and oxygen atoms in total. The number of hydrogen-bond donors (Lipinski definition) is 0. The molecule has 4 heteroatoms. The van der Waals surface area contributed by atoms with Crippen molar-refractivity contribution in [3.63, 3.8) is 0 Å². The van der Waals surface area contributed by atoms with Crippen molar-refractivity contribution in [2.75, 3.05) is 18.0 Å². The summed E-state index contributed by atoms with van der Waals surface area (Å²) in [7, 11) is 0. The van der Waals surface area contributed by atoms with Gasteiger partial charge in [-0.05, 0) is 32.0 Å². The van der Waals surface area contributed by atoms with Gasteiger partial charge in [0.2, 0.25) is 0 Å². The molecule has 2 aromatic rings. The van der Waals surface area contributed by atoms with Crippen molar-refractivity contribution in [3.05, 3.63) is 29.7 Å². The third-order valence-corrected chi connectivity index (χ3v) is 2.63. The summed E-state index contributed by atoms with van der Waals surface area (Å²) in [5.41, 5.74) is 2.51. The second-order valence-corrected chi connectivity index (χ2v) is 3.42. The number of hydrogen-bond acceptors (Lipinski definition) is 3. The number of anilines is 1. The average molecular weight is 204 g/mol. The van der Waals surface area contributed by atoms with Crippen LogP contribution in [0.5, 0.6) is 0 Å². The number of imidazole rings is 1. The number of benzene rings is 1. The molecule has 0 unspecified atom stereocenters. The van der Waals surface area contributed by atoms with Crippen molar-refractivity contribution in [2.24, 2.45) is 0 Å². The highest BCUT2D eigenvalue weighted by Gasteiger charge is 2.04. The molecule has 0 atom stereocenters. The van der Waals surface area contributed by atoms with Crippen LogP contribution in [-0.2, 0) is 0 Å². The van der Waals surface area contributed by atoms with Gasteiger partial charge in [-0.2, -0.15) is 0 Å². The summed E-state index contributed by atoms with van der Waals surface area (Å²) in [5.74, 6) is 0. The Hall–Kier alpha value is -1.71. The van der Waals surface area contributed by atoms with Gasteiger partial charge in [-0.25, -0.2) is 4.98 Å². The Balaban J connectivity index is 2.46. The van der Waals surface area contributed by atoms with Crippen LogP contribution >= 0.6 is 0 Å². The van der Waals surface area contributed by atoms with E-state index in [4.69, 9.17) is 0 Å². The van der Waals surface area contributed by atoms with E-state index in [-0.39, 0.29) is 0 Å². The lowest BCUT2D eigenvalue weighted by Gasteiger charge is -2.21. The maximum absolute atomic E-state index is 11.2. The van der Waals surface area contributed by atoms with Gasteiger partial charge in [0.05, 0.1) is 17.4 Å². The predicted octanol–water partition coefficient (Wildman–Crippen LogP) is 2.23. The van der Waals surface area contributed by atoms with Crippen LogP contribution in [0.1, 0.15) is 13.8 Å². The average Bonchev–Trinajstić information content (AvgIpc) is 2.62. The largest absolute Gasteiger partial charge is 0.805 e. The molecule has 0 bridgehead atoms. The minimum Gasteiger partial charge on any atom is -0.805 e. The van der Waals surface area contributed by atoms with E-state index >= 15 is 0 Å². The molecule has 0 radical (unpaired) electrons. The van der Waals surface area contributed by atoms with E-state index in [1.165, 1.54) is 6.33 Å². The third-order valence-electron chi connectivity index (χ3n) is 2.63. The topological polar surface area (TPSA) is 44.1 Å². The fourth-order valence-corrected chi connectivity index (χ4v) is 1.76. The lowest BCUT2D eigenvalue weighted by molar-refractivity contribution is 0.867. The molecular formula is C11H14N3O-. The van der Waals surface area contributed by atoms with Crippen molar-refractivity contribution < 1.29 is 0 Å². The standard InChI is InChI=1S/C11H14N3O/c1-3-13(4-2)9-5-6-11-10(7-9)12-8-14(11)15/h5-8H,3-4H2,1-2H3/q-1. The van der Waals surface area contributed by atoms with Crippen molar-refractivity contribution in [2.45, 2.75) is 13.8 Å². The maximum atomic E-state index is 11.2. The summed E-state index contributed by atoms with van der Waals surface area (Å²) in [4.78, 5) is 6.28. The van der Waals surface area contributed by atoms with Gasteiger partial charge in [-0.1, -0.05) is 0 Å². The van der Waals surface area contributed by atoms with E-state index in [0.29, 0.717) is 5.52 Å². The van der Waals surface area contributed by atoms with E-state index in [1.54, 1.807) is 0 Å². The van der Waals surface area contributed by atoms with Gasteiger partial charge < -0.3 is 14.8 Å².